The van der Waals surface area contributed by atoms with E-state index in [0.717, 1.165) is 16.5 Å². The average Bonchev–Trinajstić information content (AvgIpc) is 2.96. The van der Waals surface area contributed by atoms with Crippen molar-refractivity contribution in [2.24, 2.45) is 0 Å². The van der Waals surface area contributed by atoms with Gasteiger partial charge in [0.2, 0.25) is 5.91 Å². The van der Waals surface area contributed by atoms with Gasteiger partial charge in [-0.25, -0.2) is 4.39 Å². The smallest absolute Gasteiger partial charge is 0.239 e. The number of hydrogen-bond acceptors (Lipinski definition) is 1. The van der Waals surface area contributed by atoms with E-state index in [1.54, 1.807) is 12.1 Å². The van der Waals surface area contributed by atoms with Gasteiger partial charge in [-0.15, -0.1) is 0 Å². The zero-order valence-corrected chi connectivity index (χ0v) is 13.0. The number of carbonyl (C=O) groups is 1. The summed E-state index contributed by atoms with van der Waals surface area (Å²) in [6, 6.07) is 16.4. The maximum atomic E-state index is 12.9. The van der Waals surface area contributed by atoms with Gasteiger partial charge in [-0.3, -0.25) is 4.79 Å². The summed E-state index contributed by atoms with van der Waals surface area (Å²) < 4.78 is 14.9. The SMILES string of the molecule is CC(CNC(=O)Cn1ccc2ccccc21)c1ccc(F)cc1. The lowest BCUT2D eigenvalue weighted by Crippen LogP contribution is -2.30. The molecule has 3 aromatic rings. The van der Waals surface area contributed by atoms with Crippen LogP contribution in [0.3, 0.4) is 0 Å². The molecule has 0 saturated carbocycles. The monoisotopic (exact) mass is 310 g/mol. The van der Waals surface area contributed by atoms with Gasteiger partial charge in [-0.2, -0.15) is 0 Å². The van der Waals surface area contributed by atoms with Crippen molar-refractivity contribution < 1.29 is 9.18 Å². The lowest BCUT2D eigenvalue weighted by atomic mass is 10.0. The fourth-order valence-electron chi connectivity index (χ4n) is 2.67. The summed E-state index contributed by atoms with van der Waals surface area (Å²) in [5, 5.41) is 4.07. The summed E-state index contributed by atoms with van der Waals surface area (Å²) in [7, 11) is 0. The maximum absolute atomic E-state index is 12.9. The molecular formula is C19H19FN2O. The molecule has 1 heterocycles. The second-order valence-electron chi connectivity index (χ2n) is 5.76. The molecule has 1 atom stereocenters. The molecule has 0 saturated heterocycles. The summed E-state index contributed by atoms with van der Waals surface area (Å²) >= 11 is 0. The largest absolute Gasteiger partial charge is 0.354 e. The Morgan fingerprint density at radius 3 is 2.65 bits per heavy atom. The molecule has 1 amide bonds. The van der Waals surface area contributed by atoms with Crippen LogP contribution in [0.1, 0.15) is 18.4 Å². The standard InChI is InChI=1S/C19H19FN2O/c1-14(15-6-8-17(20)9-7-15)12-21-19(23)13-22-11-10-16-4-2-3-5-18(16)22/h2-11,14H,12-13H2,1H3,(H,21,23). The van der Waals surface area contributed by atoms with Crippen molar-refractivity contribution in [3.8, 4) is 0 Å². The molecule has 0 aliphatic heterocycles. The molecule has 0 fully saturated rings. The first kappa shape index (κ1) is 15.3. The number of rotatable bonds is 5. The third-order valence-corrected chi connectivity index (χ3v) is 4.04. The zero-order valence-electron chi connectivity index (χ0n) is 13.0. The summed E-state index contributed by atoms with van der Waals surface area (Å²) in [6.45, 7) is 2.84. The Labute approximate surface area is 134 Å². The second-order valence-corrected chi connectivity index (χ2v) is 5.76. The van der Waals surface area contributed by atoms with E-state index in [4.69, 9.17) is 0 Å². The Bertz CT molecular complexity index is 808. The van der Waals surface area contributed by atoms with Gasteiger partial charge in [-0.1, -0.05) is 37.3 Å². The normalized spacial score (nSPS) is 12.3. The Morgan fingerprint density at radius 2 is 1.87 bits per heavy atom. The van der Waals surface area contributed by atoms with Gasteiger partial charge in [0.05, 0.1) is 0 Å². The molecule has 1 N–H and O–H groups in total. The van der Waals surface area contributed by atoms with Crippen molar-refractivity contribution in [2.75, 3.05) is 6.54 Å². The molecular weight excluding hydrogens is 291 g/mol. The first-order valence-electron chi connectivity index (χ1n) is 7.69. The molecule has 3 nitrogen and oxygen atoms in total. The van der Waals surface area contributed by atoms with Crippen LogP contribution < -0.4 is 5.32 Å². The van der Waals surface area contributed by atoms with Crippen LogP contribution in [0.2, 0.25) is 0 Å². The van der Waals surface area contributed by atoms with Crippen molar-refractivity contribution in [3.63, 3.8) is 0 Å². The summed E-state index contributed by atoms with van der Waals surface area (Å²) in [6.07, 6.45) is 1.92. The fourth-order valence-corrected chi connectivity index (χ4v) is 2.67. The predicted molar refractivity (Wildman–Crippen MR) is 89.8 cm³/mol. The van der Waals surface area contributed by atoms with Crippen LogP contribution in [0.4, 0.5) is 4.39 Å². The number of fused-ring (bicyclic) bond motifs is 1. The van der Waals surface area contributed by atoms with Crippen molar-refractivity contribution in [1.29, 1.82) is 0 Å². The van der Waals surface area contributed by atoms with Gasteiger partial charge in [-0.05, 0) is 41.1 Å². The Morgan fingerprint density at radius 1 is 1.13 bits per heavy atom. The summed E-state index contributed by atoms with van der Waals surface area (Å²) in [4.78, 5) is 12.2. The molecule has 23 heavy (non-hydrogen) atoms. The number of para-hydroxylation sites is 1. The van der Waals surface area contributed by atoms with Crippen LogP contribution in [-0.4, -0.2) is 17.0 Å². The number of nitrogens with one attached hydrogen (secondary N) is 1. The third-order valence-electron chi connectivity index (χ3n) is 4.04. The van der Waals surface area contributed by atoms with E-state index in [-0.39, 0.29) is 17.6 Å². The molecule has 118 valence electrons. The minimum atomic E-state index is -0.246. The summed E-state index contributed by atoms with van der Waals surface area (Å²) in [5.41, 5.74) is 2.06. The van der Waals surface area contributed by atoms with E-state index in [9.17, 15) is 9.18 Å². The molecule has 1 aromatic heterocycles. The van der Waals surface area contributed by atoms with Gasteiger partial charge in [0, 0.05) is 18.3 Å². The molecule has 0 aliphatic rings. The van der Waals surface area contributed by atoms with Gasteiger partial charge in [0.25, 0.3) is 0 Å². The number of hydrogen-bond donors (Lipinski definition) is 1. The van der Waals surface area contributed by atoms with Gasteiger partial charge >= 0.3 is 0 Å². The van der Waals surface area contributed by atoms with Crippen molar-refractivity contribution in [3.05, 3.63) is 72.2 Å². The highest BCUT2D eigenvalue weighted by Crippen LogP contribution is 2.16. The van der Waals surface area contributed by atoms with E-state index >= 15 is 0 Å². The topological polar surface area (TPSA) is 34.0 Å². The fraction of sp³-hybridized carbons (Fsp3) is 0.211. The van der Waals surface area contributed by atoms with E-state index < -0.39 is 0 Å². The molecule has 0 bridgehead atoms. The third kappa shape index (κ3) is 3.59. The highest BCUT2D eigenvalue weighted by molar-refractivity contribution is 5.83. The molecule has 0 aliphatic carbocycles. The summed E-state index contributed by atoms with van der Waals surface area (Å²) in [5.74, 6) is -0.134. The Kier molecular flexibility index (Phi) is 4.42. The maximum Gasteiger partial charge on any atom is 0.239 e. The van der Waals surface area contributed by atoms with Crippen LogP contribution in [0, 0.1) is 5.82 Å². The van der Waals surface area contributed by atoms with Crippen molar-refractivity contribution in [2.45, 2.75) is 19.4 Å². The van der Waals surface area contributed by atoms with Crippen LogP contribution in [0.5, 0.6) is 0 Å². The molecule has 0 spiro atoms. The first-order chi connectivity index (χ1) is 11.1. The number of benzene rings is 2. The van der Waals surface area contributed by atoms with Crippen LogP contribution in [0.15, 0.2) is 60.8 Å². The average molecular weight is 310 g/mol. The van der Waals surface area contributed by atoms with Crippen LogP contribution >= 0.6 is 0 Å². The van der Waals surface area contributed by atoms with E-state index in [0.29, 0.717) is 13.1 Å². The van der Waals surface area contributed by atoms with E-state index in [2.05, 4.69) is 5.32 Å². The Balaban J connectivity index is 1.58. The second kappa shape index (κ2) is 6.65. The van der Waals surface area contributed by atoms with Crippen molar-refractivity contribution >= 4 is 16.8 Å². The molecule has 1 unspecified atom stereocenters. The highest BCUT2D eigenvalue weighted by atomic mass is 19.1. The number of carbonyl (C=O) groups excluding carboxylic acids is 1. The first-order valence-corrected chi connectivity index (χ1v) is 7.69. The van der Waals surface area contributed by atoms with Crippen molar-refractivity contribution in [1.82, 2.24) is 9.88 Å². The lowest BCUT2D eigenvalue weighted by Gasteiger charge is -2.13. The number of halogens is 1. The molecule has 0 radical (unpaired) electrons. The van der Waals surface area contributed by atoms with Gasteiger partial charge in [0.15, 0.2) is 0 Å². The number of nitrogens with zero attached hydrogens (tertiary/aromatic N) is 1. The molecule has 4 heteroatoms. The van der Waals surface area contributed by atoms with Gasteiger partial charge < -0.3 is 9.88 Å². The van der Waals surface area contributed by atoms with Crippen LogP contribution in [-0.2, 0) is 11.3 Å². The quantitative estimate of drug-likeness (QED) is 0.766. The predicted octanol–water partition coefficient (Wildman–Crippen LogP) is 3.70. The highest BCUT2D eigenvalue weighted by Gasteiger charge is 2.09. The Hall–Kier alpha value is -2.62. The van der Waals surface area contributed by atoms with Crippen LogP contribution in [0.25, 0.3) is 10.9 Å². The van der Waals surface area contributed by atoms with E-state index in [1.807, 2.05) is 48.0 Å². The van der Waals surface area contributed by atoms with Gasteiger partial charge in [0.1, 0.15) is 12.4 Å². The zero-order chi connectivity index (χ0) is 16.2. The minimum absolute atomic E-state index is 0.0275. The minimum Gasteiger partial charge on any atom is -0.354 e. The number of aromatic nitrogens is 1. The number of amides is 1. The molecule has 3 rings (SSSR count). The molecule has 2 aromatic carbocycles. The lowest BCUT2D eigenvalue weighted by molar-refractivity contribution is -0.121. The van der Waals surface area contributed by atoms with E-state index in [1.165, 1.54) is 12.1 Å².